The van der Waals surface area contributed by atoms with Gasteiger partial charge in [0, 0.05) is 39.1 Å². The smallest absolute Gasteiger partial charge is 0.151 e. The van der Waals surface area contributed by atoms with Gasteiger partial charge in [-0.15, -0.1) is 0 Å². The maximum absolute atomic E-state index is 6.56. The molecule has 4 aromatic carbocycles. The third-order valence-electron chi connectivity index (χ3n) is 6.67. The molecule has 0 amide bonds. The predicted molar refractivity (Wildman–Crippen MR) is 140 cm³/mol. The van der Waals surface area contributed by atoms with Gasteiger partial charge in [0.1, 0.15) is 0 Å². The fraction of sp³-hybridized carbons (Fsp3) is 0.0667. The Kier molecular flexibility index (Phi) is 4.33. The first-order valence-corrected chi connectivity index (χ1v) is 11.9. The lowest BCUT2D eigenvalue weighted by Crippen LogP contribution is -2.15. The molecule has 0 radical (unpaired) electrons. The normalized spacial score (nSPS) is 17.4. The van der Waals surface area contributed by atoms with Gasteiger partial charge in [-0.05, 0) is 61.0 Å². The average Bonchev–Trinajstić information content (AvgIpc) is 3.54. The van der Waals surface area contributed by atoms with Crippen LogP contribution in [0.5, 0.6) is 11.5 Å². The van der Waals surface area contributed by atoms with Crippen LogP contribution in [0.2, 0.25) is 0 Å². The zero-order valence-electron chi connectivity index (χ0n) is 18.3. The van der Waals surface area contributed by atoms with Gasteiger partial charge in [-0.1, -0.05) is 65.7 Å². The molecule has 1 fully saturated rings. The minimum atomic E-state index is 0.550. The Bertz CT molecular complexity index is 1460. The number of nitrogens with one attached hydrogen (secondary N) is 1. The van der Waals surface area contributed by atoms with Crippen molar-refractivity contribution in [2.24, 2.45) is 5.92 Å². The van der Waals surface area contributed by atoms with E-state index in [1.54, 1.807) is 0 Å². The van der Waals surface area contributed by atoms with E-state index in [1.165, 1.54) is 16.7 Å². The molecule has 0 saturated heterocycles. The van der Waals surface area contributed by atoms with Crippen LogP contribution in [0.15, 0.2) is 114 Å². The standard InChI is InChI=1S/C30H21ClN2O/c31-24-18-19-17-23(19)30(24)22-7-1-2-8-25(22)32-20-13-15-21(16-14-20)33-26-9-3-5-11-28(26)34-29-12-6-4-10-27(29)33/h1-16,18-19,32H,17H2. The second-order valence-electron chi connectivity index (χ2n) is 8.82. The third kappa shape index (κ3) is 3.12. The SMILES string of the molecule is ClC1=CC2CC2=C1c1ccccc1Nc1ccc(N2c3ccccc3Oc3ccccc32)cc1. The largest absolute Gasteiger partial charge is 0.453 e. The number of benzene rings is 4. The molecule has 34 heavy (non-hydrogen) atoms. The molecular weight excluding hydrogens is 440 g/mol. The number of hydrogen-bond donors (Lipinski definition) is 1. The Morgan fingerprint density at radius 3 is 2.09 bits per heavy atom. The molecule has 0 spiro atoms. The maximum atomic E-state index is 6.56. The molecule has 1 unspecified atom stereocenters. The quantitative estimate of drug-likeness (QED) is 0.289. The first kappa shape index (κ1) is 19.5. The minimum Gasteiger partial charge on any atom is -0.453 e. The molecule has 1 N–H and O–H groups in total. The van der Waals surface area contributed by atoms with E-state index in [-0.39, 0.29) is 0 Å². The van der Waals surface area contributed by atoms with Crippen molar-refractivity contribution in [3.63, 3.8) is 0 Å². The van der Waals surface area contributed by atoms with Crippen LogP contribution < -0.4 is 15.0 Å². The van der Waals surface area contributed by atoms with Crippen LogP contribution in [-0.4, -0.2) is 0 Å². The Morgan fingerprint density at radius 1 is 0.765 bits per heavy atom. The van der Waals surface area contributed by atoms with E-state index in [4.69, 9.17) is 16.3 Å². The van der Waals surface area contributed by atoms with Crippen molar-refractivity contribution in [2.75, 3.05) is 10.2 Å². The van der Waals surface area contributed by atoms with Crippen molar-refractivity contribution < 1.29 is 4.74 Å². The van der Waals surface area contributed by atoms with Gasteiger partial charge in [-0.25, -0.2) is 0 Å². The van der Waals surface area contributed by atoms with Crippen molar-refractivity contribution in [2.45, 2.75) is 6.42 Å². The molecule has 7 rings (SSSR count). The summed E-state index contributed by atoms with van der Waals surface area (Å²) in [5, 5.41) is 4.49. The first-order valence-electron chi connectivity index (χ1n) is 11.5. The van der Waals surface area contributed by atoms with Crippen molar-refractivity contribution in [3.05, 3.63) is 119 Å². The number of hydrogen-bond acceptors (Lipinski definition) is 3. The summed E-state index contributed by atoms with van der Waals surface area (Å²) in [6, 6.07) is 33.2. The second kappa shape index (κ2) is 7.54. The summed E-state index contributed by atoms with van der Waals surface area (Å²) >= 11 is 6.56. The molecule has 2 aliphatic carbocycles. The molecule has 1 atom stereocenters. The zero-order valence-corrected chi connectivity index (χ0v) is 19.1. The van der Waals surface area contributed by atoms with Gasteiger partial charge in [0.2, 0.25) is 0 Å². The van der Waals surface area contributed by atoms with Crippen LogP contribution in [0.4, 0.5) is 28.4 Å². The minimum absolute atomic E-state index is 0.550. The van der Waals surface area contributed by atoms with E-state index in [1.807, 2.05) is 36.4 Å². The molecular formula is C30H21ClN2O. The van der Waals surface area contributed by atoms with Crippen molar-refractivity contribution in [1.82, 2.24) is 0 Å². The second-order valence-corrected chi connectivity index (χ2v) is 9.22. The van der Waals surface area contributed by atoms with Crippen LogP contribution in [0, 0.1) is 5.92 Å². The number of nitrogens with zero attached hydrogens (tertiary/aromatic N) is 1. The summed E-state index contributed by atoms with van der Waals surface area (Å²) in [7, 11) is 0. The lowest BCUT2D eigenvalue weighted by atomic mass is 10.0. The summed E-state index contributed by atoms with van der Waals surface area (Å²) < 4.78 is 6.14. The Hall–Kier alpha value is -3.95. The van der Waals surface area contributed by atoms with Gasteiger partial charge in [-0.3, -0.25) is 0 Å². The first-order chi connectivity index (χ1) is 16.8. The van der Waals surface area contributed by atoms with Gasteiger partial charge < -0.3 is 15.0 Å². The van der Waals surface area contributed by atoms with Gasteiger partial charge in [-0.2, -0.15) is 0 Å². The number of allylic oxidation sites excluding steroid dienone is 4. The summed E-state index contributed by atoms with van der Waals surface area (Å²) in [6.07, 6.45) is 3.31. The van der Waals surface area contributed by atoms with Crippen LogP contribution in [0.3, 0.4) is 0 Å². The lowest BCUT2D eigenvalue weighted by Gasteiger charge is -2.32. The fourth-order valence-electron chi connectivity index (χ4n) is 4.98. The number of halogens is 1. The Labute approximate surface area is 203 Å². The zero-order chi connectivity index (χ0) is 22.6. The van der Waals surface area contributed by atoms with Gasteiger partial charge in [0.15, 0.2) is 11.5 Å². The Morgan fingerprint density at radius 2 is 1.41 bits per heavy atom. The van der Waals surface area contributed by atoms with E-state index < -0.39 is 0 Å². The number of ether oxygens (including phenoxy) is 1. The maximum Gasteiger partial charge on any atom is 0.151 e. The van der Waals surface area contributed by atoms with Gasteiger partial charge >= 0.3 is 0 Å². The monoisotopic (exact) mass is 460 g/mol. The summed E-state index contributed by atoms with van der Waals surface area (Å²) in [5.74, 6) is 2.26. The lowest BCUT2D eigenvalue weighted by molar-refractivity contribution is 0.477. The summed E-state index contributed by atoms with van der Waals surface area (Å²) in [5.41, 5.74) is 9.06. The molecule has 3 aliphatic rings. The predicted octanol–water partition coefficient (Wildman–Crippen LogP) is 8.92. The fourth-order valence-corrected chi connectivity index (χ4v) is 5.36. The van der Waals surface area contributed by atoms with Gasteiger partial charge in [0.05, 0.1) is 11.4 Å². The number of para-hydroxylation sites is 5. The van der Waals surface area contributed by atoms with E-state index in [9.17, 15) is 0 Å². The highest BCUT2D eigenvalue weighted by molar-refractivity contribution is 6.38. The van der Waals surface area contributed by atoms with E-state index in [0.29, 0.717) is 5.92 Å². The molecule has 0 aromatic heterocycles. The highest BCUT2D eigenvalue weighted by Crippen LogP contribution is 2.55. The molecule has 3 nitrogen and oxygen atoms in total. The topological polar surface area (TPSA) is 24.5 Å². The molecule has 0 bridgehead atoms. The van der Waals surface area contributed by atoms with Crippen molar-refractivity contribution in [3.8, 4) is 11.5 Å². The van der Waals surface area contributed by atoms with Crippen LogP contribution >= 0.6 is 11.6 Å². The number of anilines is 5. The van der Waals surface area contributed by atoms with Crippen molar-refractivity contribution in [1.29, 1.82) is 0 Å². The summed E-state index contributed by atoms with van der Waals surface area (Å²) in [6.45, 7) is 0. The van der Waals surface area contributed by atoms with E-state index in [0.717, 1.165) is 51.4 Å². The number of fused-ring (bicyclic) bond motifs is 3. The molecule has 1 saturated carbocycles. The van der Waals surface area contributed by atoms with Crippen LogP contribution in [-0.2, 0) is 0 Å². The van der Waals surface area contributed by atoms with E-state index in [2.05, 4.69) is 77.0 Å². The van der Waals surface area contributed by atoms with Gasteiger partial charge in [0.25, 0.3) is 0 Å². The van der Waals surface area contributed by atoms with Crippen LogP contribution in [0.1, 0.15) is 12.0 Å². The number of rotatable bonds is 4. The van der Waals surface area contributed by atoms with Crippen LogP contribution in [0.25, 0.3) is 5.57 Å². The Balaban J connectivity index is 1.23. The molecule has 4 heteroatoms. The molecule has 1 heterocycles. The molecule has 1 aliphatic heterocycles. The molecule has 4 aromatic rings. The highest BCUT2D eigenvalue weighted by Gasteiger charge is 2.38. The van der Waals surface area contributed by atoms with Crippen molar-refractivity contribution >= 4 is 45.6 Å². The molecule has 164 valence electrons. The average molecular weight is 461 g/mol. The van der Waals surface area contributed by atoms with E-state index >= 15 is 0 Å². The highest BCUT2D eigenvalue weighted by atomic mass is 35.5. The summed E-state index contributed by atoms with van der Waals surface area (Å²) in [4.78, 5) is 2.24. The third-order valence-corrected chi connectivity index (χ3v) is 6.98.